The van der Waals surface area contributed by atoms with Gasteiger partial charge in [0.15, 0.2) is 0 Å². The minimum atomic E-state index is -0.969. The average Bonchev–Trinajstić information content (AvgIpc) is 3.03. The maximum absolute atomic E-state index is 11.7. The van der Waals surface area contributed by atoms with Gasteiger partial charge in [-0.25, -0.2) is 9.78 Å². The highest BCUT2D eigenvalue weighted by molar-refractivity contribution is 7.17. The zero-order chi connectivity index (χ0) is 15.7. The van der Waals surface area contributed by atoms with Crippen LogP contribution in [0.5, 0.6) is 0 Å². The standard InChI is InChI=1S/C15H11N3O3S.ClH/c1-16-14(19)10-3-2-8-6-17-7-9(13(8)18-10)11-4-5-12(22-11)15(20)21;/h2-7H,1H3,(H,16,19)(H,20,21);1H. The molecule has 0 aliphatic rings. The number of carbonyl (C=O) groups is 2. The van der Waals surface area contributed by atoms with Crippen LogP contribution in [0.25, 0.3) is 21.3 Å². The number of carboxylic acids is 1. The highest BCUT2D eigenvalue weighted by Gasteiger charge is 2.13. The number of pyridine rings is 2. The maximum Gasteiger partial charge on any atom is 0.345 e. The highest BCUT2D eigenvalue weighted by Crippen LogP contribution is 2.32. The minimum absolute atomic E-state index is 0. The second-order valence-electron chi connectivity index (χ2n) is 4.50. The van der Waals surface area contributed by atoms with E-state index in [2.05, 4.69) is 15.3 Å². The molecule has 0 spiro atoms. The quantitative estimate of drug-likeness (QED) is 0.758. The van der Waals surface area contributed by atoms with Gasteiger partial charge in [0.25, 0.3) is 5.91 Å². The van der Waals surface area contributed by atoms with E-state index in [9.17, 15) is 9.59 Å². The third-order valence-electron chi connectivity index (χ3n) is 3.14. The second kappa shape index (κ2) is 6.72. The smallest absolute Gasteiger partial charge is 0.345 e. The molecule has 0 atom stereocenters. The van der Waals surface area contributed by atoms with Crippen LogP contribution in [0, 0.1) is 0 Å². The molecule has 0 aromatic carbocycles. The first-order chi connectivity index (χ1) is 10.6. The van der Waals surface area contributed by atoms with Crippen molar-refractivity contribution in [3.05, 3.63) is 47.2 Å². The lowest BCUT2D eigenvalue weighted by Gasteiger charge is -2.05. The predicted octanol–water partition coefficient (Wildman–Crippen LogP) is 2.84. The molecule has 118 valence electrons. The number of amides is 1. The number of carbonyl (C=O) groups excluding carboxylic acids is 1. The molecule has 0 saturated carbocycles. The van der Waals surface area contributed by atoms with Gasteiger partial charge in [0.05, 0.1) is 5.52 Å². The first-order valence-corrected chi connectivity index (χ1v) is 7.22. The fourth-order valence-corrected chi connectivity index (χ4v) is 2.93. The van der Waals surface area contributed by atoms with Crippen molar-refractivity contribution in [2.45, 2.75) is 0 Å². The van der Waals surface area contributed by atoms with Gasteiger partial charge in [0.2, 0.25) is 0 Å². The molecular formula is C15H12ClN3O3S. The topological polar surface area (TPSA) is 92.2 Å². The minimum Gasteiger partial charge on any atom is -0.477 e. The van der Waals surface area contributed by atoms with Gasteiger partial charge in [-0.15, -0.1) is 23.7 Å². The lowest BCUT2D eigenvalue weighted by molar-refractivity contribution is 0.0702. The molecule has 2 N–H and O–H groups in total. The van der Waals surface area contributed by atoms with E-state index in [1.807, 2.05) is 0 Å². The van der Waals surface area contributed by atoms with Crippen LogP contribution >= 0.6 is 23.7 Å². The molecule has 8 heteroatoms. The first-order valence-electron chi connectivity index (χ1n) is 6.40. The van der Waals surface area contributed by atoms with Crippen molar-refractivity contribution >= 4 is 46.5 Å². The number of hydrogen-bond acceptors (Lipinski definition) is 5. The summed E-state index contributed by atoms with van der Waals surface area (Å²) in [6, 6.07) is 6.67. The Kier molecular flexibility index (Phi) is 4.92. The van der Waals surface area contributed by atoms with Crippen molar-refractivity contribution in [3.8, 4) is 10.4 Å². The van der Waals surface area contributed by atoms with Gasteiger partial charge in [-0.3, -0.25) is 9.78 Å². The third kappa shape index (κ3) is 3.15. The normalized spacial score (nSPS) is 10.1. The molecule has 6 nitrogen and oxygen atoms in total. The fourth-order valence-electron chi connectivity index (χ4n) is 2.08. The largest absolute Gasteiger partial charge is 0.477 e. The van der Waals surface area contributed by atoms with E-state index < -0.39 is 5.97 Å². The van der Waals surface area contributed by atoms with Crippen molar-refractivity contribution in [3.63, 3.8) is 0 Å². The Hall–Kier alpha value is -2.51. The van der Waals surface area contributed by atoms with Crippen LogP contribution in [0.1, 0.15) is 20.2 Å². The van der Waals surface area contributed by atoms with Crippen LogP contribution < -0.4 is 5.32 Å². The number of halogens is 1. The van der Waals surface area contributed by atoms with Gasteiger partial charge in [-0.2, -0.15) is 0 Å². The van der Waals surface area contributed by atoms with E-state index in [0.29, 0.717) is 16.8 Å². The molecule has 0 radical (unpaired) electrons. The number of aromatic nitrogens is 2. The summed E-state index contributed by atoms with van der Waals surface area (Å²) in [5.74, 6) is -1.24. The number of nitrogens with one attached hydrogen (secondary N) is 1. The van der Waals surface area contributed by atoms with Crippen LogP contribution in [0.3, 0.4) is 0 Å². The Bertz CT molecular complexity index is 895. The van der Waals surface area contributed by atoms with Crippen LogP contribution in [0.4, 0.5) is 0 Å². The van der Waals surface area contributed by atoms with E-state index in [1.165, 1.54) is 0 Å². The zero-order valence-electron chi connectivity index (χ0n) is 11.9. The van der Waals surface area contributed by atoms with Crippen LogP contribution in [-0.4, -0.2) is 34.0 Å². The number of hydrogen-bond donors (Lipinski definition) is 2. The fraction of sp³-hybridized carbons (Fsp3) is 0.0667. The second-order valence-corrected chi connectivity index (χ2v) is 5.59. The SMILES string of the molecule is CNC(=O)c1ccc2cncc(-c3ccc(C(=O)O)s3)c2n1.Cl. The summed E-state index contributed by atoms with van der Waals surface area (Å²) in [6.45, 7) is 0. The molecule has 23 heavy (non-hydrogen) atoms. The molecule has 0 unspecified atom stereocenters. The van der Waals surface area contributed by atoms with Gasteiger partial charge in [0, 0.05) is 35.3 Å². The summed E-state index contributed by atoms with van der Waals surface area (Å²) >= 11 is 1.15. The molecule has 0 saturated heterocycles. The number of carboxylic acid groups (broad SMARTS) is 1. The third-order valence-corrected chi connectivity index (χ3v) is 4.25. The van der Waals surface area contributed by atoms with E-state index in [4.69, 9.17) is 5.11 Å². The molecule has 0 aliphatic carbocycles. The number of rotatable bonds is 3. The number of aromatic carboxylic acids is 1. The number of nitrogens with zero attached hydrogens (tertiary/aromatic N) is 2. The first kappa shape index (κ1) is 16.9. The Labute approximate surface area is 141 Å². The number of thiophene rings is 1. The lowest BCUT2D eigenvalue weighted by Crippen LogP contribution is -2.19. The molecule has 0 aliphatic heterocycles. The Morgan fingerprint density at radius 3 is 2.61 bits per heavy atom. The molecule has 3 heterocycles. The van der Waals surface area contributed by atoms with E-state index in [1.54, 1.807) is 43.7 Å². The monoisotopic (exact) mass is 349 g/mol. The van der Waals surface area contributed by atoms with Gasteiger partial charge >= 0.3 is 5.97 Å². The van der Waals surface area contributed by atoms with Crippen molar-refractivity contribution in [2.75, 3.05) is 7.05 Å². The summed E-state index contributed by atoms with van der Waals surface area (Å²) in [6.07, 6.45) is 3.28. The van der Waals surface area contributed by atoms with Crippen molar-refractivity contribution in [1.82, 2.24) is 15.3 Å². The molecule has 0 bridgehead atoms. The molecular weight excluding hydrogens is 338 g/mol. The van der Waals surface area contributed by atoms with E-state index in [0.717, 1.165) is 21.6 Å². The van der Waals surface area contributed by atoms with Gasteiger partial charge in [-0.1, -0.05) is 0 Å². The van der Waals surface area contributed by atoms with E-state index in [-0.39, 0.29) is 23.2 Å². The van der Waals surface area contributed by atoms with Crippen molar-refractivity contribution < 1.29 is 14.7 Å². The number of fused-ring (bicyclic) bond motifs is 1. The molecule has 3 aromatic rings. The van der Waals surface area contributed by atoms with Gasteiger partial charge in [-0.05, 0) is 24.3 Å². The maximum atomic E-state index is 11.7. The highest BCUT2D eigenvalue weighted by atomic mass is 35.5. The molecule has 3 rings (SSSR count). The average molecular weight is 350 g/mol. The van der Waals surface area contributed by atoms with Crippen LogP contribution in [0.15, 0.2) is 36.7 Å². The van der Waals surface area contributed by atoms with Crippen molar-refractivity contribution in [2.24, 2.45) is 0 Å². The molecule has 3 aromatic heterocycles. The summed E-state index contributed by atoms with van der Waals surface area (Å²) in [7, 11) is 1.54. The summed E-state index contributed by atoms with van der Waals surface area (Å²) in [5, 5.41) is 12.4. The van der Waals surface area contributed by atoms with Gasteiger partial charge in [0.1, 0.15) is 10.6 Å². The lowest BCUT2D eigenvalue weighted by atomic mass is 10.1. The summed E-state index contributed by atoms with van der Waals surface area (Å²) in [5.41, 5.74) is 1.63. The zero-order valence-corrected chi connectivity index (χ0v) is 13.6. The summed E-state index contributed by atoms with van der Waals surface area (Å²) in [4.78, 5) is 32.3. The van der Waals surface area contributed by atoms with E-state index >= 15 is 0 Å². The van der Waals surface area contributed by atoms with Crippen LogP contribution in [-0.2, 0) is 0 Å². The Balaban J connectivity index is 0.00000192. The molecule has 1 amide bonds. The Morgan fingerprint density at radius 1 is 1.17 bits per heavy atom. The molecule has 0 fully saturated rings. The van der Waals surface area contributed by atoms with Gasteiger partial charge < -0.3 is 10.4 Å². The predicted molar refractivity (Wildman–Crippen MR) is 90.4 cm³/mol. The van der Waals surface area contributed by atoms with Crippen molar-refractivity contribution in [1.29, 1.82) is 0 Å². The van der Waals surface area contributed by atoms with Crippen LogP contribution in [0.2, 0.25) is 0 Å². The summed E-state index contributed by atoms with van der Waals surface area (Å²) < 4.78 is 0. The Morgan fingerprint density at radius 2 is 1.96 bits per heavy atom.